The Kier molecular flexibility index (Phi) is 5.55. The summed E-state index contributed by atoms with van der Waals surface area (Å²) in [5.41, 5.74) is 0. The van der Waals surface area contributed by atoms with Gasteiger partial charge in [0.2, 0.25) is 5.91 Å². The minimum Gasteiger partial charge on any atom is -0.494 e. The number of ether oxygens (including phenoxy) is 1. The summed E-state index contributed by atoms with van der Waals surface area (Å²) in [4.78, 5) is 16.8. The lowest BCUT2D eigenvalue weighted by atomic mass is 9.97. The lowest BCUT2D eigenvalue weighted by Gasteiger charge is -2.49. The molecule has 2 aliphatic heterocycles. The summed E-state index contributed by atoms with van der Waals surface area (Å²) in [6, 6.07) is 11.1. The van der Waals surface area contributed by atoms with E-state index in [1.807, 2.05) is 35.2 Å². The Balaban J connectivity index is 1.31. The van der Waals surface area contributed by atoms with Gasteiger partial charge in [-0.25, -0.2) is 0 Å². The number of hydrogen-bond acceptors (Lipinski definition) is 3. The molecule has 1 aromatic carbocycles. The second-order valence-electron chi connectivity index (χ2n) is 6.80. The number of carbonyl (C=O) groups is 1. The summed E-state index contributed by atoms with van der Waals surface area (Å²) in [5.74, 6) is 1.16. The molecule has 1 amide bonds. The van der Waals surface area contributed by atoms with E-state index in [9.17, 15) is 4.79 Å². The van der Waals surface area contributed by atoms with E-state index in [4.69, 9.17) is 4.74 Å². The van der Waals surface area contributed by atoms with Crippen LogP contribution in [0.4, 0.5) is 0 Å². The second-order valence-corrected chi connectivity index (χ2v) is 6.80. The van der Waals surface area contributed by atoms with Crippen LogP contribution in [0.1, 0.15) is 39.0 Å². The molecular weight excluding hydrogens is 288 g/mol. The van der Waals surface area contributed by atoms with Crippen LogP contribution < -0.4 is 4.74 Å². The molecule has 0 spiro atoms. The zero-order valence-corrected chi connectivity index (χ0v) is 14.1. The predicted octanol–water partition coefficient (Wildman–Crippen LogP) is 2.93. The number of amides is 1. The first kappa shape index (κ1) is 16.3. The molecule has 126 valence electrons. The molecule has 0 radical (unpaired) electrons. The monoisotopic (exact) mass is 316 g/mol. The molecule has 0 saturated carbocycles. The Labute approximate surface area is 139 Å². The van der Waals surface area contributed by atoms with E-state index in [-0.39, 0.29) is 5.91 Å². The molecule has 4 nitrogen and oxygen atoms in total. The minimum absolute atomic E-state index is 0.280. The fraction of sp³-hybridized carbons (Fsp3) is 0.632. The molecule has 4 heteroatoms. The highest BCUT2D eigenvalue weighted by Crippen LogP contribution is 2.24. The molecule has 2 saturated heterocycles. The largest absolute Gasteiger partial charge is 0.494 e. The molecule has 0 unspecified atom stereocenters. The van der Waals surface area contributed by atoms with Gasteiger partial charge in [-0.1, -0.05) is 24.6 Å². The third-order valence-corrected chi connectivity index (χ3v) is 5.09. The molecule has 2 aliphatic rings. The third-order valence-electron chi connectivity index (χ3n) is 5.09. The molecule has 1 aromatic rings. The van der Waals surface area contributed by atoms with Crippen molar-refractivity contribution >= 4 is 5.91 Å². The molecule has 2 heterocycles. The fourth-order valence-corrected chi connectivity index (χ4v) is 3.62. The maximum atomic E-state index is 12.2. The van der Waals surface area contributed by atoms with Gasteiger partial charge in [-0.05, 0) is 44.9 Å². The number of para-hydroxylation sites is 1. The zero-order valence-electron chi connectivity index (χ0n) is 14.1. The Hall–Kier alpha value is -1.55. The average Bonchev–Trinajstić information content (AvgIpc) is 2.53. The molecule has 3 rings (SSSR count). The van der Waals surface area contributed by atoms with Gasteiger partial charge in [0, 0.05) is 31.6 Å². The maximum Gasteiger partial charge on any atom is 0.222 e. The van der Waals surface area contributed by atoms with Crippen LogP contribution in [-0.2, 0) is 4.79 Å². The van der Waals surface area contributed by atoms with Crippen LogP contribution in [0.2, 0.25) is 0 Å². The van der Waals surface area contributed by atoms with Gasteiger partial charge >= 0.3 is 0 Å². The Morgan fingerprint density at radius 3 is 2.74 bits per heavy atom. The topological polar surface area (TPSA) is 32.8 Å². The summed E-state index contributed by atoms with van der Waals surface area (Å²) in [7, 11) is 0. The van der Waals surface area contributed by atoms with Gasteiger partial charge in [-0.3, -0.25) is 9.69 Å². The summed E-state index contributed by atoms with van der Waals surface area (Å²) >= 11 is 0. The molecule has 1 atom stereocenters. The maximum absolute atomic E-state index is 12.2. The highest BCUT2D eigenvalue weighted by Gasteiger charge is 2.36. The first-order valence-electron chi connectivity index (χ1n) is 8.95. The van der Waals surface area contributed by atoms with Gasteiger partial charge in [0.05, 0.1) is 6.61 Å². The van der Waals surface area contributed by atoms with Crippen molar-refractivity contribution in [3.05, 3.63) is 30.3 Å². The van der Waals surface area contributed by atoms with Crippen molar-refractivity contribution < 1.29 is 9.53 Å². The molecule has 23 heavy (non-hydrogen) atoms. The van der Waals surface area contributed by atoms with E-state index in [0.29, 0.717) is 25.1 Å². The Morgan fingerprint density at radius 1 is 1.22 bits per heavy atom. The number of benzene rings is 1. The molecule has 0 aliphatic carbocycles. The average molecular weight is 316 g/mol. The van der Waals surface area contributed by atoms with E-state index in [0.717, 1.165) is 25.3 Å². The lowest BCUT2D eigenvalue weighted by molar-refractivity contribution is -0.140. The van der Waals surface area contributed by atoms with Crippen molar-refractivity contribution in [3.63, 3.8) is 0 Å². The first-order chi connectivity index (χ1) is 11.2. The molecule has 2 fully saturated rings. The van der Waals surface area contributed by atoms with Crippen LogP contribution in [0.15, 0.2) is 30.3 Å². The predicted molar refractivity (Wildman–Crippen MR) is 91.6 cm³/mol. The van der Waals surface area contributed by atoms with Crippen molar-refractivity contribution in [1.82, 2.24) is 9.80 Å². The van der Waals surface area contributed by atoms with Crippen molar-refractivity contribution in [1.29, 1.82) is 0 Å². The minimum atomic E-state index is 0.280. The first-order valence-corrected chi connectivity index (χ1v) is 8.95. The second kappa shape index (κ2) is 7.82. The molecule has 0 N–H and O–H groups in total. The van der Waals surface area contributed by atoms with Gasteiger partial charge in [0.15, 0.2) is 0 Å². The van der Waals surface area contributed by atoms with Crippen LogP contribution >= 0.6 is 0 Å². The number of carbonyl (C=O) groups excluding carboxylic acids is 1. The van der Waals surface area contributed by atoms with Crippen molar-refractivity contribution in [2.75, 3.05) is 26.2 Å². The standard InChI is InChI=1S/C19H28N2O2/c1-16-8-5-6-12-21(16)17-14-20(15-17)19(22)11-7-13-23-18-9-3-2-4-10-18/h2-4,9-10,16-17H,5-8,11-15H2,1H3/t16-/m1/s1. The number of hydrogen-bond donors (Lipinski definition) is 0. The van der Waals surface area contributed by atoms with Crippen molar-refractivity contribution in [2.45, 2.75) is 51.1 Å². The fourth-order valence-electron chi connectivity index (χ4n) is 3.62. The van der Waals surface area contributed by atoms with Gasteiger partial charge in [0.25, 0.3) is 0 Å². The van der Waals surface area contributed by atoms with Crippen LogP contribution in [0.3, 0.4) is 0 Å². The van der Waals surface area contributed by atoms with Crippen LogP contribution in [0.25, 0.3) is 0 Å². The highest BCUT2D eigenvalue weighted by molar-refractivity contribution is 5.77. The number of nitrogens with zero attached hydrogens (tertiary/aromatic N) is 2. The van der Waals surface area contributed by atoms with Gasteiger partial charge < -0.3 is 9.64 Å². The van der Waals surface area contributed by atoms with Gasteiger partial charge in [0.1, 0.15) is 5.75 Å². The van der Waals surface area contributed by atoms with E-state index >= 15 is 0 Å². The summed E-state index contributed by atoms with van der Waals surface area (Å²) < 4.78 is 5.64. The SMILES string of the molecule is C[C@@H]1CCCCN1C1CN(C(=O)CCCOc2ccccc2)C1. The van der Waals surface area contributed by atoms with Crippen molar-refractivity contribution in [2.24, 2.45) is 0 Å². The van der Waals surface area contributed by atoms with E-state index < -0.39 is 0 Å². The quantitative estimate of drug-likeness (QED) is 0.757. The van der Waals surface area contributed by atoms with E-state index in [2.05, 4.69) is 11.8 Å². The van der Waals surface area contributed by atoms with Crippen LogP contribution in [0, 0.1) is 0 Å². The number of rotatable bonds is 6. The molecular formula is C19H28N2O2. The van der Waals surface area contributed by atoms with Gasteiger partial charge in [-0.15, -0.1) is 0 Å². The smallest absolute Gasteiger partial charge is 0.222 e. The number of likely N-dealkylation sites (tertiary alicyclic amines) is 2. The summed E-state index contributed by atoms with van der Waals surface area (Å²) in [6.45, 7) is 5.98. The van der Waals surface area contributed by atoms with Crippen molar-refractivity contribution in [3.8, 4) is 5.75 Å². The highest BCUT2D eigenvalue weighted by atomic mass is 16.5. The zero-order chi connectivity index (χ0) is 16.1. The number of piperidine rings is 1. The Bertz CT molecular complexity index is 499. The summed E-state index contributed by atoms with van der Waals surface area (Å²) in [5, 5.41) is 0. The van der Waals surface area contributed by atoms with Gasteiger partial charge in [-0.2, -0.15) is 0 Å². The van der Waals surface area contributed by atoms with Crippen LogP contribution in [0.5, 0.6) is 5.75 Å². The Morgan fingerprint density at radius 2 is 2.00 bits per heavy atom. The lowest BCUT2D eigenvalue weighted by Crippen LogP contribution is -2.63. The third kappa shape index (κ3) is 4.25. The van der Waals surface area contributed by atoms with E-state index in [1.165, 1.54) is 25.8 Å². The summed E-state index contributed by atoms with van der Waals surface area (Å²) in [6.07, 6.45) is 5.35. The normalized spacial score (nSPS) is 22.7. The van der Waals surface area contributed by atoms with E-state index in [1.54, 1.807) is 0 Å². The molecule has 0 aromatic heterocycles. The van der Waals surface area contributed by atoms with Crippen LogP contribution in [-0.4, -0.2) is 54.0 Å². The molecule has 0 bridgehead atoms.